The lowest BCUT2D eigenvalue weighted by Gasteiger charge is -2.29. The van der Waals surface area contributed by atoms with Crippen molar-refractivity contribution in [2.24, 2.45) is 5.73 Å². The number of hydrogen-bond donors (Lipinski definition) is 4. The first-order valence-electron chi connectivity index (χ1n) is 8.62. The molecule has 0 radical (unpaired) electrons. The SMILES string of the molecule is CC(C)(N)[C@H](NC(=O)c1ccc(C#CC#Cc2ccccc2F)cc1)C(=O)NO. The Labute approximate surface area is 168 Å². The molecule has 1 atom stereocenters. The van der Waals surface area contributed by atoms with Crippen LogP contribution < -0.4 is 16.5 Å². The number of hydrogen-bond acceptors (Lipinski definition) is 4. The number of rotatable bonds is 4. The van der Waals surface area contributed by atoms with Crippen molar-refractivity contribution in [2.75, 3.05) is 0 Å². The second kappa shape index (κ2) is 9.52. The highest BCUT2D eigenvalue weighted by molar-refractivity contribution is 5.97. The van der Waals surface area contributed by atoms with Gasteiger partial charge in [0.15, 0.2) is 0 Å². The maximum atomic E-state index is 13.5. The Morgan fingerprint density at radius 3 is 2.28 bits per heavy atom. The maximum absolute atomic E-state index is 13.5. The molecule has 0 aliphatic carbocycles. The Morgan fingerprint density at radius 2 is 1.69 bits per heavy atom. The van der Waals surface area contributed by atoms with Gasteiger partial charge in [-0.3, -0.25) is 14.8 Å². The minimum Gasteiger partial charge on any atom is -0.338 e. The smallest absolute Gasteiger partial charge is 0.267 e. The predicted octanol–water partition coefficient (Wildman–Crippen LogP) is 1.57. The van der Waals surface area contributed by atoms with Crippen LogP contribution in [0.25, 0.3) is 0 Å². The molecule has 0 fully saturated rings. The van der Waals surface area contributed by atoms with E-state index in [2.05, 4.69) is 29.0 Å². The summed E-state index contributed by atoms with van der Waals surface area (Å²) in [5.41, 5.74) is 7.44. The molecular formula is C22H20FN3O3. The van der Waals surface area contributed by atoms with Crippen LogP contribution in [-0.2, 0) is 4.79 Å². The minimum atomic E-state index is -1.13. The third-order valence-electron chi connectivity index (χ3n) is 3.88. The van der Waals surface area contributed by atoms with Crippen LogP contribution in [0.15, 0.2) is 48.5 Å². The second-order valence-corrected chi connectivity index (χ2v) is 6.76. The summed E-state index contributed by atoms with van der Waals surface area (Å²) in [6, 6.07) is 11.3. The molecule has 0 spiro atoms. The van der Waals surface area contributed by atoms with Gasteiger partial charge in [0.1, 0.15) is 11.9 Å². The number of nitrogens with two attached hydrogens (primary N) is 1. The molecular weight excluding hydrogens is 373 g/mol. The molecule has 0 saturated heterocycles. The highest BCUT2D eigenvalue weighted by atomic mass is 19.1. The summed E-state index contributed by atoms with van der Waals surface area (Å²) in [5.74, 6) is 8.87. The molecule has 2 rings (SSSR count). The van der Waals surface area contributed by atoms with Gasteiger partial charge in [0.2, 0.25) is 0 Å². The quantitative estimate of drug-likeness (QED) is 0.360. The standard InChI is InChI=1S/C22H20FN3O3/c1-22(2,24)19(21(28)26-29)25-20(27)17-13-11-15(12-14-17)7-3-4-8-16-9-5-6-10-18(16)23/h5-6,9-14,19,29H,24H2,1-2H3,(H,25,27)(H,26,28)/t19-/m1/s1. The fraction of sp³-hybridized carbons (Fsp3) is 0.182. The van der Waals surface area contributed by atoms with Gasteiger partial charge in [0.25, 0.3) is 11.8 Å². The lowest BCUT2D eigenvalue weighted by molar-refractivity contribution is -0.132. The highest BCUT2D eigenvalue weighted by Crippen LogP contribution is 2.09. The highest BCUT2D eigenvalue weighted by Gasteiger charge is 2.33. The molecule has 0 saturated carbocycles. The molecule has 0 aliphatic rings. The van der Waals surface area contributed by atoms with Crippen molar-refractivity contribution in [2.45, 2.75) is 25.4 Å². The monoisotopic (exact) mass is 393 g/mol. The van der Waals surface area contributed by atoms with Crippen molar-refractivity contribution >= 4 is 11.8 Å². The zero-order chi connectivity index (χ0) is 21.4. The van der Waals surface area contributed by atoms with E-state index in [0.29, 0.717) is 5.56 Å². The van der Waals surface area contributed by atoms with Gasteiger partial charge in [-0.05, 0) is 68.0 Å². The van der Waals surface area contributed by atoms with Gasteiger partial charge in [-0.1, -0.05) is 18.1 Å². The molecule has 7 heteroatoms. The number of halogens is 1. The van der Waals surface area contributed by atoms with E-state index in [1.54, 1.807) is 44.2 Å². The van der Waals surface area contributed by atoms with E-state index in [0.717, 1.165) is 0 Å². The van der Waals surface area contributed by atoms with Crippen molar-refractivity contribution in [3.8, 4) is 23.7 Å². The summed E-state index contributed by atoms with van der Waals surface area (Å²) in [7, 11) is 0. The van der Waals surface area contributed by atoms with Crippen LogP contribution >= 0.6 is 0 Å². The number of nitrogens with one attached hydrogen (secondary N) is 2. The van der Waals surface area contributed by atoms with Crippen LogP contribution in [0.1, 0.15) is 35.3 Å². The van der Waals surface area contributed by atoms with Crippen LogP contribution in [0, 0.1) is 29.5 Å². The number of carbonyl (C=O) groups is 2. The van der Waals surface area contributed by atoms with Gasteiger partial charge in [-0.25, -0.2) is 9.87 Å². The van der Waals surface area contributed by atoms with Gasteiger partial charge >= 0.3 is 0 Å². The zero-order valence-electron chi connectivity index (χ0n) is 15.9. The summed E-state index contributed by atoms with van der Waals surface area (Å²) in [6.45, 7) is 3.10. The lowest BCUT2D eigenvalue weighted by Crippen LogP contribution is -2.61. The van der Waals surface area contributed by atoms with E-state index in [9.17, 15) is 14.0 Å². The number of carbonyl (C=O) groups excluding carboxylic acids is 2. The van der Waals surface area contributed by atoms with Crippen LogP contribution in [0.2, 0.25) is 0 Å². The fourth-order valence-corrected chi connectivity index (χ4v) is 2.34. The van der Waals surface area contributed by atoms with E-state index in [-0.39, 0.29) is 11.1 Å². The maximum Gasteiger partial charge on any atom is 0.267 e. The van der Waals surface area contributed by atoms with Gasteiger partial charge in [0.05, 0.1) is 5.56 Å². The number of hydroxylamine groups is 1. The Bertz CT molecular complexity index is 1020. The largest absolute Gasteiger partial charge is 0.338 e. The van der Waals surface area contributed by atoms with E-state index in [1.165, 1.54) is 23.7 Å². The summed E-state index contributed by atoms with van der Waals surface area (Å²) >= 11 is 0. The second-order valence-electron chi connectivity index (χ2n) is 6.76. The summed E-state index contributed by atoms with van der Waals surface area (Å²) in [5, 5.41) is 11.3. The van der Waals surface area contributed by atoms with Crippen LogP contribution in [-0.4, -0.2) is 28.6 Å². The average Bonchev–Trinajstić information content (AvgIpc) is 2.69. The average molecular weight is 393 g/mol. The number of benzene rings is 2. The molecule has 29 heavy (non-hydrogen) atoms. The predicted molar refractivity (Wildman–Crippen MR) is 106 cm³/mol. The summed E-state index contributed by atoms with van der Waals surface area (Å²) in [6.07, 6.45) is 0. The minimum absolute atomic E-state index is 0.262. The van der Waals surface area contributed by atoms with E-state index >= 15 is 0 Å². The topological polar surface area (TPSA) is 104 Å². The van der Waals surface area contributed by atoms with Crippen molar-refractivity contribution in [1.82, 2.24) is 10.8 Å². The molecule has 2 amide bonds. The molecule has 0 heterocycles. The number of amides is 2. The Kier molecular flexibility index (Phi) is 7.10. The van der Waals surface area contributed by atoms with Gasteiger partial charge < -0.3 is 11.1 Å². The fourth-order valence-electron chi connectivity index (χ4n) is 2.34. The van der Waals surface area contributed by atoms with Gasteiger partial charge in [0, 0.05) is 16.7 Å². The van der Waals surface area contributed by atoms with E-state index in [4.69, 9.17) is 10.9 Å². The summed E-state index contributed by atoms with van der Waals surface area (Å²) in [4.78, 5) is 24.1. The normalized spacial score (nSPS) is 11.2. The van der Waals surface area contributed by atoms with Crippen molar-refractivity contribution in [3.05, 3.63) is 71.0 Å². The van der Waals surface area contributed by atoms with Crippen molar-refractivity contribution < 1.29 is 19.2 Å². The molecule has 0 bridgehead atoms. The first kappa shape index (κ1) is 21.6. The van der Waals surface area contributed by atoms with Crippen LogP contribution in [0.3, 0.4) is 0 Å². The molecule has 0 unspecified atom stereocenters. The van der Waals surface area contributed by atoms with E-state index in [1.807, 2.05) is 0 Å². The molecule has 5 N–H and O–H groups in total. The third kappa shape index (κ3) is 6.18. The lowest BCUT2D eigenvalue weighted by atomic mass is 9.95. The van der Waals surface area contributed by atoms with E-state index < -0.39 is 29.2 Å². The summed E-state index contributed by atoms with van der Waals surface area (Å²) < 4.78 is 13.5. The molecule has 6 nitrogen and oxygen atoms in total. The van der Waals surface area contributed by atoms with Crippen molar-refractivity contribution in [3.63, 3.8) is 0 Å². The van der Waals surface area contributed by atoms with Crippen molar-refractivity contribution in [1.29, 1.82) is 0 Å². The Balaban J connectivity index is 2.08. The third-order valence-corrected chi connectivity index (χ3v) is 3.88. The van der Waals surface area contributed by atoms with Gasteiger partial charge in [-0.2, -0.15) is 0 Å². The van der Waals surface area contributed by atoms with Gasteiger partial charge in [-0.15, -0.1) is 0 Å². The first-order chi connectivity index (χ1) is 13.7. The first-order valence-corrected chi connectivity index (χ1v) is 8.62. The zero-order valence-corrected chi connectivity index (χ0v) is 15.9. The Hall–Kier alpha value is -3.65. The molecule has 0 aromatic heterocycles. The van der Waals surface area contributed by atoms with Crippen LogP contribution in [0.4, 0.5) is 4.39 Å². The van der Waals surface area contributed by atoms with Crippen LogP contribution in [0.5, 0.6) is 0 Å². The molecule has 2 aromatic rings. The molecule has 148 valence electrons. The Morgan fingerprint density at radius 1 is 1.07 bits per heavy atom. The molecule has 2 aromatic carbocycles. The molecule has 0 aliphatic heterocycles.